The molecule has 174 valence electrons. The molecular formula is C22H27NO9. The monoisotopic (exact) mass is 449 g/mol. The molecule has 0 aliphatic carbocycles. The van der Waals surface area contributed by atoms with Gasteiger partial charge in [-0.15, -0.1) is 0 Å². The Kier molecular flexibility index (Phi) is 10.0. The molecule has 0 spiro atoms. The lowest BCUT2D eigenvalue weighted by molar-refractivity contribution is -0.492. The summed E-state index contributed by atoms with van der Waals surface area (Å²) >= 11 is 0. The second kappa shape index (κ2) is 12.7. The maximum absolute atomic E-state index is 12.3. The van der Waals surface area contributed by atoms with Gasteiger partial charge in [0.15, 0.2) is 6.61 Å². The molecule has 0 amide bonds. The Morgan fingerprint density at radius 3 is 2.34 bits per heavy atom. The van der Waals surface area contributed by atoms with Crippen LogP contribution in [0.3, 0.4) is 0 Å². The Hall–Kier alpha value is -3.05. The van der Waals surface area contributed by atoms with Crippen molar-refractivity contribution in [3.05, 3.63) is 42.0 Å². The highest BCUT2D eigenvalue weighted by Gasteiger charge is 2.19. The topological polar surface area (TPSA) is 132 Å². The molecule has 0 saturated heterocycles. The first-order valence-electron chi connectivity index (χ1n) is 10.2. The quantitative estimate of drug-likeness (QED) is 0.215. The summed E-state index contributed by atoms with van der Waals surface area (Å²) in [5.74, 6) is -1.69. The van der Waals surface area contributed by atoms with Crippen molar-refractivity contribution in [2.24, 2.45) is 0 Å². The Morgan fingerprint density at radius 2 is 1.62 bits per heavy atom. The lowest BCUT2D eigenvalue weighted by atomic mass is 9.98. The predicted molar refractivity (Wildman–Crippen MR) is 111 cm³/mol. The number of ether oxygens (including phenoxy) is 3. The van der Waals surface area contributed by atoms with E-state index in [0.29, 0.717) is 18.6 Å². The number of hydrogen-bond donors (Lipinski definition) is 2. The van der Waals surface area contributed by atoms with Crippen LogP contribution in [0.15, 0.2) is 36.4 Å². The van der Waals surface area contributed by atoms with E-state index in [9.17, 15) is 14.4 Å². The van der Waals surface area contributed by atoms with Gasteiger partial charge in [0, 0.05) is 6.42 Å². The van der Waals surface area contributed by atoms with Crippen LogP contribution in [0.25, 0.3) is 10.8 Å². The lowest BCUT2D eigenvalue weighted by Gasteiger charge is -2.13. The Balaban J connectivity index is 1.81. The van der Waals surface area contributed by atoms with Crippen LogP contribution >= 0.6 is 0 Å². The molecule has 2 aromatic rings. The molecule has 1 atom stereocenters. The third-order valence-electron chi connectivity index (χ3n) is 4.55. The van der Waals surface area contributed by atoms with Crippen LogP contribution in [0, 0.1) is 0 Å². The summed E-state index contributed by atoms with van der Waals surface area (Å²) in [4.78, 5) is 39.8. The molecule has 2 N–H and O–H groups in total. The molecule has 0 fully saturated rings. The first kappa shape index (κ1) is 25.2. The van der Waals surface area contributed by atoms with Gasteiger partial charge in [-0.1, -0.05) is 31.2 Å². The summed E-state index contributed by atoms with van der Waals surface area (Å²) in [6.07, 6.45) is 1.17. The lowest BCUT2D eigenvalue weighted by Crippen LogP contribution is -2.20. The van der Waals surface area contributed by atoms with Crippen LogP contribution in [0.4, 0.5) is 0 Å². The number of nitrogens with zero attached hydrogens (tertiary/aromatic N) is 1. The minimum Gasteiger partial charge on any atom is -0.463 e. The Bertz CT molecular complexity index is 929. The zero-order valence-electron chi connectivity index (χ0n) is 18.0. The highest BCUT2D eigenvalue weighted by molar-refractivity contribution is 5.88. The molecule has 32 heavy (non-hydrogen) atoms. The molecule has 0 heterocycles. The van der Waals surface area contributed by atoms with Crippen LogP contribution in [0.5, 0.6) is 5.75 Å². The number of hydrogen-bond acceptors (Lipinski definition) is 10. The molecule has 0 aliphatic rings. The third kappa shape index (κ3) is 8.23. The average Bonchev–Trinajstić information content (AvgIpc) is 2.78. The van der Waals surface area contributed by atoms with E-state index in [1.54, 1.807) is 38.1 Å². The van der Waals surface area contributed by atoms with E-state index in [1.807, 2.05) is 12.1 Å². The molecule has 0 saturated carbocycles. The van der Waals surface area contributed by atoms with Gasteiger partial charge in [0.25, 0.3) is 0 Å². The maximum Gasteiger partial charge on any atom is 0.344 e. The SMILES string of the molecule is CCC(=O)Oc1ccc2cc(C(C)C(=O)OCC(=O)OCCCCON(O)O)ccc2c1. The minimum atomic E-state index is -0.676. The molecule has 2 aromatic carbocycles. The van der Waals surface area contributed by atoms with Crippen molar-refractivity contribution in [1.29, 1.82) is 0 Å². The van der Waals surface area contributed by atoms with Gasteiger partial charge >= 0.3 is 17.9 Å². The van der Waals surface area contributed by atoms with E-state index < -0.39 is 24.5 Å². The highest BCUT2D eigenvalue weighted by atomic mass is 17.1. The summed E-state index contributed by atoms with van der Waals surface area (Å²) < 4.78 is 15.2. The van der Waals surface area contributed by atoms with Gasteiger partial charge in [-0.2, -0.15) is 0 Å². The number of benzene rings is 2. The molecule has 10 heteroatoms. The first-order chi connectivity index (χ1) is 15.3. The van der Waals surface area contributed by atoms with E-state index >= 15 is 0 Å². The summed E-state index contributed by atoms with van der Waals surface area (Å²) in [7, 11) is 0. The van der Waals surface area contributed by atoms with E-state index in [2.05, 4.69) is 4.84 Å². The normalized spacial score (nSPS) is 11.9. The number of unbranched alkanes of at least 4 members (excludes halogenated alkanes) is 1. The van der Waals surface area contributed by atoms with Crippen molar-refractivity contribution in [1.82, 2.24) is 5.39 Å². The molecule has 0 aromatic heterocycles. The van der Waals surface area contributed by atoms with Gasteiger partial charge in [0.05, 0.1) is 24.5 Å². The van der Waals surface area contributed by atoms with Gasteiger partial charge in [-0.3, -0.25) is 24.8 Å². The summed E-state index contributed by atoms with van der Waals surface area (Å²) in [5, 5.41) is 18.1. The minimum absolute atomic E-state index is 0.0496. The predicted octanol–water partition coefficient (Wildman–Crippen LogP) is 3.14. The summed E-state index contributed by atoms with van der Waals surface area (Å²) in [5.41, 5.74) is 0.719. The molecular weight excluding hydrogens is 422 g/mol. The van der Waals surface area contributed by atoms with Crippen LogP contribution < -0.4 is 4.74 Å². The average molecular weight is 449 g/mol. The van der Waals surface area contributed by atoms with Crippen molar-refractivity contribution < 1.29 is 43.8 Å². The number of rotatable bonds is 12. The number of esters is 3. The maximum atomic E-state index is 12.3. The fourth-order valence-corrected chi connectivity index (χ4v) is 2.75. The zero-order chi connectivity index (χ0) is 23.5. The third-order valence-corrected chi connectivity index (χ3v) is 4.55. The number of carbonyl (C=O) groups is 3. The number of fused-ring (bicyclic) bond motifs is 1. The van der Waals surface area contributed by atoms with Crippen LogP contribution in [-0.4, -0.2) is 53.5 Å². The molecule has 0 aliphatic heterocycles. The van der Waals surface area contributed by atoms with E-state index in [4.69, 9.17) is 24.6 Å². The van der Waals surface area contributed by atoms with Crippen LogP contribution in [0.1, 0.15) is 44.6 Å². The van der Waals surface area contributed by atoms with Crippen LogP contribution in [-0.2, 0) is 28.7 Å². The second-order valence-electron chi connectivity index (χ2n) is 6.94. The number of carbonyl (C=O) groups excluding carboxylic acids is 3. The summed E-state index contributed by atoms with van der Waals surface area (Å²) in [6.45, 7) is 3.04. The van der Waals surface area contributed by atoms with Crippen molar-refractivity contribution in [3.8, 4) is 5.75 Å². The second-order valence-corrected chi connectivity index (χ2v) is 6.94. The van der Waals surface area contributed by atoms with Gasteiger partial charge in [-0.25, -0.2) is 4.79 Å². The summed E-state index contributed by atoms with van der Waals surface area (Å²) in [6, 6.07) is 10.7. The Labute approximate surface area is 185 Å². The Morgan fingerprint density at radius 1 is 0.938 bits per heavy atom. The highest BCUT2D eigenvalue weighted by Crippen LogP contribution is 2.26. The van der Waals surface area contributed by atoms with Gasteiger partial charge in [-0.05, 0) is 48.2 Å². The van der Waals surface area contributed by atoms with E-state index in [1.165, 1.54) is 0 Å². The smallest absolute Gasteiger partial charge is 0.344 e. The van der Waals surface area contributed by atoms with Crippen LogP contribution in [0.2, 0.25) is 0 Å². The van der Waals surface area contributed by atoms with Crippen molar-refractivity contribution >= 4 is 28.7 Å². The van der Waals surface area contributed by atoms with Gasteiger partial charge < -0.3 is 14.2 Å². The molecule has 0 radical (unpaired) electrons. The van der Waals surface area contributed by atoms with Crippen molar-refractivity contribution in [2.75, 3.05) is 19.8 Å². The van der Waals surface area contributed by atoms with Crippen molar-refractivity contribution in [3.63, 3.8) is 0 Å². The first-order valence-corrected chi connectivity index (χ1v) is 10.2. The fourth-order valence-electron chi connectivity index (χ4n) is 2.75. The van der Waals surface area contributed by atoms with Crippen molar-refractivity contribution in [2.45, 2.75) is 39.0 Å². The van der Waals surface area contributed by atoms with E-state index in [-0.39, 0.29) is 31.0 Å². The largest absolute Gasteiger partial charge is 0.463 e. The zero-order valence-corrected chi connectivity index (χ0v) is 18.0. The molecule has 1 unspecified atom stereocenters. The molecule has 2 rings (SSSR count). The molecule has 0 bridgehead atoms. The van der Waals surface area contributed by atoms with Gasteiger partial charge in [0.1, 0.15) is 5.75 Å². The standard InChI is InChI=1S/C22H27NO9/c1-3-20(24)32-19-9-8-17-12-16(6-7-18(17)13-19)15(2)22(26)30-14-21(25)29-10-4-5-11-31-23(27)28/h6-9,12-13,15,27-28H,3-5,10-11,14H2,1-2H3. The van der Waals surface area contributed by atoms with E-state index in [0.717, 1.165) is 16.3 Å². The molecule has 10 nitrogen and oxygen atoms in total. The van der Waals surface area contributed by atoms with Gasteiger partial charge in [0.2, 0.25) is 0 Å². The fraction of sp³-hybridized carbons (Fsp3) is 0.409.